The third kappa shape index (κ3) is 51.1. The highest BCUT2D eigenvalue weighted by Gasteiger charge is 2.19. The van der Waals surface area contributed by atoms with Gasteiger partial charge < -0.3 is 14.2 Å². The van der Waals surface area contributed by atoms with E-state index in [1.807, 2.05) is 24.3 Å². The minimum atomic E-state index is -0.799. The molecule has 0 fully saturated rings. The number of hydrogen-bond donors (Lipinski definition) is 0. The summed E-state index contributed by atoms with van der Waals surface area (Å²) in [5, 5.41) is 0. The van der Waals surface area contributed by atoms with E-state index in [1.165, 1.54) is 77.0 Å². The van der Waals surface area contributed by atoms with Gasteiger partial charge in [-0.05, 0) is 89.9 Å². The van der Waals surface area contributed by atoms with Crippen LogP contribution in [0.1, 0.15) is 233 Å². The van der Waals surface area contributed by atoms with Gasteiger partial charge in [0.1, 0.15) is 13.2 Å². The number of unbranched alkanes of at least 4 members (excludes halogenated alkanes) is 22. The van der Waals surface area contributed by atoms with Gasteiger partial charge in [0.2, 0.25) is 0 Å². The van der Waals surface area contributed by atoms with E-state index in [0.717, 1.165) is 116 Å². The molecule has 374 valence electrons. The maximum atomic E-state index is 12.8. The molecule has 0 radical (unpaired) electrons. The first-order valence-corrected chi connectivity index (χ1v) is 27.0. The van der Waals surface area contributed by atoms with Gasteiger partial charge >= 0.3 is 17.9 Å². The van der Waals surface area contributed by atoms with Crippen LogP contribution >= 0.6 is 0 Å². The summed E-state index contributed by atoms with van der Waals surface area (Å²) in [6.45, 7) is 6.36. The Bertz CT molecular complexity index is 1370. The maximum Gasteiger partial charge on any atom is 0.306 e. The maximum absolute atomic E-state index is 12.8. The highest BCUT2D eigenvalue weighted by Crippen LogP contribution is 2.14. The van der Waals surface area contributed by atoms with Gasteiger partial charge in [-0.3, -0.25) is 14.4 Å². The number of allylic oxidation sites excluding steroid dienone is 18. The van der Waals surface area contributed by atoms with Gasteiger partial charge in [0.05, 0.1) is 0 Å². The molecule has 0 saturated carbocycles. The molecule has 0 aliphatic rings. The van der Waals surface area contributed by atoms with Crippen molar-refractivity contribution in [1.82, 2.24) is 0 Å². The van der Waals surface area contributed by atoms with Gasteiger partial charge in [0, 0.05) is 19.3 Å². The van der Waals surface area contributed by atoms with Crippen LogP contribution in [0.5, 0.6) is 0 Å². The van der Waals surface area contributed by atoms with E-state index in [0.29, 0.717) is 19.3 Å². The first-order valence-electron chi connectivity index (χ1n) is 27.0. The lowest BCUT2D eigenvalue weighted by atomic mass is 10.1. The first-order chi connectivity index (χ1) is 32.5. The molecule has 0 amide bonds. The normalized spacial score (nSPS) is 13.0. The van der Waals surface area contributed by atoms with Crippen LogP contribution in [0.15, 0.2) is 109 Å². The molecule has 0 rings (SSSR count). The molecule has 66 heavy (non-hydrogen) atoms. The third-order valence-corrected chi connectivity index (χ3v) is 11.1. The van der Waals surface area contributed by atoms with E-state index in [2.05, 4.69) is 106 Å². The fourth-order valence-electron chi connectivity index (χ4n) is 7.06. The van der Waals surface area contributed by atoms with Crippen molar-refractivity contribution in [3.8, 4) is 0 Å². The summed E-state index contributed by atoms with van der Waals surface area (Å²) in [4.78, 5) is 38.0. The fourth-order valence-corrected chi connectivity index (χ4v) is 7.06. The third-order valence-electron chi connectivity index (χ3n) is 11.1. The Labute approximate surface area is 406 Å². The Balaban J connectivity index is 4.43. The largest absolute Gasteiger partial charge is 0.462 e. The number of esters is 3. The van der Waals surface area contributed by atoms with Crippen LogP contribution in [0.25, 0.3) is 0 Å². The zero-order valence-electron chi connectivity index (χ0n) is 42.7. The topological polar surface area (TPSA) is 78.9 Å². The lowest BCUT2D eigenvalue weighted by Crippen LogP contribution is -2.30. The zero-order chi connectivity index (χ0) is 47.9. The van der Waals surface area contributed by atoms with Crippen molar-refractivity contribution >= 4 is 17.9 Å². The molecule has 1 atom stereocenters. The first kappa shape index (κ1) is 62.1. The minimum Gasteiger partial charge on any atom is -0.462 e. The lowest BCUT2D eigenvalue weighted by molar-refractivity contribution is -0.167. The van der Waals surface area contributed by atoms with Crippen LogP contribution in [-0.4, -0.2) is 37.2 Å². The van der Waals surface area contributed by atoms with Gasteiger partial charge in [-0.25, -0.2) is 0 Å². The van der Waals surface area contributed by atoms with Crippen molar-refractivity contribution in [2.45, 2.75) is 239 Å². The molecule has 0 bridgehead atoms. The van der Waals surface area contributed by atoms with Crippen LogP contribution < -0.4 is 0 Å². The summed E-state index contributed by atoms with van der Waals surface area (Å²) in [6, 6.07) is 0. The van der Waals surface area contributed by atoms with Crippen LogP contribution in [0, 0.1) is 0 Å². The second kappa shape index (κ2) is 53.7. The summed E-state index contributed by atoms with van der Waals surface area (Å²) in [7, 11) is 0. The van der Waals surface area contributed by atoms with Crippen molar-refractivity contribution in [1.29, 1.82) is 0 Å². The highest BCUT2D eigenvalue weighted by atomic mass is 16.6. The molecular weight excluding hydrogens is 817 g/mol. The second-order valence-corrected chi connectivity index (χ2v) is 17.5. The molecule has 0 aromatic rings. The Morgan fingerprint density at radius 3 is 1.14 bits per heavy atom. The van der Waals surface area contributed by atoms with Gasteiger partial charge in [0.25, 0.3) is 0 Å². The van der Waals surface area contributed by atoms with E-state index < -0.39 is 6.10 Å². The number of rotatable bonds is 47. The van der Waals surface area contributed by atoms with Crippen molar-refractivity contribution in [3.63, 3.8) is 0 Å². The van der Waals surface area contributed by atoms with Crippen LogP contribution in [0.2, 0.25) is 0 Å². The Morgan fingerprint density at radius 2 is 0.682 bits per heavy atom. The molecule has 0 heterocycles. The van der Waals surface area contributed by atoms with Crippen molar-refractivity contribution in [3.05, 3.63) is 109 Å². The Hall–Kier alpha value is -3.93. The van der Waals surface area contributed by atoms with Gasteiger partial charge in [-0.1, -0.05) is 233 Å². The lowest BCUT2D eigenvalue weighted by Gasteiger charge is -2.18. The predicted molar refractivity (Wildman–Crippen MR) is 283 cm³/mol. The van der Waals surface area contributed by atoms with Crippen molar-refractivity contribution < 1.29 is 28.6 Å². The van der Waals surface area contributed by atoms with E-state index in [9.17, 15) is 14.4 Å². The van der Waals surface area contributed by atoms with Crippen LogP contribution in [-0.2, 0) is 28.6 Å². The molecule has 1 unspecified atom stereocenters. The van der Waals surface area contributed by atoms with Crippen LogP contribution in [0.3, 0.4) is 0 Å². The highest BCUT2D eigenvalue weighted by molar-refractivity contribution is 5.71. The molecule has 0 aromatic heterocycles. The molecule has 0 saturated heterocycles. The minimum absolute atomic E-state index is 0.0959. The molecule has 0 aliphatic heterocycles. The Kier molecular flexibility index (Phi) is 50.5. The second-order valence-electron chi connectivity index (χ2n) is 17.5. The SMILES string of the molecule is CC/C=C\C/C=C\C/C=C\CCCCCCCCCCCC(=O)OCC(COC(=O)CCCCCCC/C=C\CCCC)OC(=O)CCCCCCC\C=C/C=C\C=C/C=C\C=C/CCC. The van der Waals surface area contributed by atoms with Gasteiger partial charge in [-0.2, -0.15) is 0 Å². The van der Waals surface area contributed by atoms with Crippen LogP contribution in [0.4, 0.5) is 0 Å². The number of carbonyl (C=O) groups is 3. The molecule has 0 spiro atoms. The average molecular weight is 915 g/mol. The zero-order valence-corrected chi connectivity index (χ0v) is 42.7. The summed E-state index contributed by atoms with van der Waals surface area (Å²) in [6.07, 6.45) is 72.1. The monoisotopic (exact) mass is 915 g/mol. The van der Waals surface area contributed by atoms with Gasteiger partial charge in [0.15, 0.2) is 6.10 Å². The number of carbonyl (C=O) groups excluding carboxylic acids is 3. The predicted octanol–water partition coefficient (Wildman–Crippen LogP) is 17.9. The quantitative estimate of drug-likeness (QED) is 0.0199. The fraction of sp³-hybridized carbons (Fsp3) is 0.650. The van der Waals surface area contributed by atoms with Crippen molar-refractivity contribution in [2.75, 3.05) is 13.2 Å². The molecule has 6 nitrogen and oxygen atoms in total. The van der Waals surface area contributed by atoms with Crippen molar-refractivity contribution in [2.24, 2.45) is 0 Å². The molecule has 0 aliphatic carbocycles. The standard InChI is InChI=1S/C60H98O6/c1-4-7-10-13-16-19-22-24-26-28-30-32-33-35-38-41-44-47-50-53-59(62)65-56-57(55-64-58(61)52-49-46-43-40-37-21-18-15-12-9-6-3)66-60(63)54-51-48-45-42-39-36-34-31-29-27-25-23-20-17-14-11-8-5-2/h7,10-11,14-20,23-27,29,31,34,57H,4-6,8-9,12-13,21-22,28,30,32-33,35-56H2,1-3H3/b10-7-,14-11-,18-15-,19-16-,20-17-,25-23-,26-24-,29-27-,34-31-. The summed E-state index contributed by atoms with van der Waals surface area (Å²) in [5.41, 5.74) is 0. The van der Waals surface area contributed by atoms with E-state index >= 15 is 0 Å². The number of hydrogen-bond acceptors (Lipinski definition) is 6. The molecule has 0 aromatic carbocycles. The van der Waals surface area contributed by atoms with E-state index in [-0.39, 0.29) is 31.1 Å². The number of ether oxygens (including phenoxy) is 3. The summed E-state index contributed by atoms with van der Waals surface area (Å²) < 4.78 is 16.8. The van der Waals surface area contributed by atoms with E-state index in [1.54, 1.807) is 0 Å². The smallest absolute Gasteiger partial charge is 0.306 e. The molecular formula is C60H98O6. The van der Waals surface area contributed by atoms with E-state index in [4.69, 9.17) is 14.2 Å². The Morgan fingerprint density at radius 1 is 0.333 bits per heavy atom. The average Bonchev–Trinajstić information content (AvgIpc) is 3.31. The summed E-state index contributed by atoms with van der Waals surface area (Å²) >= 11 is 0. The summed E-state index contributed by atoms with van der Waals surface area (Å²) in [5.74, 6) is -0.939. The van der Waals surface area contributed by atoms with Gasteiger partial charge in [-0.15, -0.1) is 0 Å². The molecule has 0 N–H and O–H groups in total. The molecule has 6 heteroatoms.